The van der Waals surface area contributed by atoms with Crippen molar-refractivity contribution in [3.05, 3.63) is 53.4 Å². The summed E-state index contributed by atoms with van der Waals surface area (Å²) in [5.74, 6) is 0.544. The number of halogens is 2. The highest BCUT2D eigenvalue weighted by molar-refractivity contribution is 7.13. The summed E-state index contributed by atoms with van der Waals surface area (Å²) in [6.45, 7) is 2.64. The molecule has 1 aliphatic heterocycles. The molecule has 0 radical (unpaired) electrons. The molecule has 1 aromatic carbocycles. The third-order valence-corrected chi connectivity index (χ3v) is 5.47. The maximum atomic E-state index is 13.7. The van der Waals surface area contributed by atoms with Crippen LogP contribution in [0, 0.1) is 11.7 Å². The Kier molecular flexibility index (Phi) is 6.77. The van der Waals surface area contributed by atoms with Crippen LogP contribution in [0.2, 0.25) is 0 Å². The summed E-state index contributed by atoms with van der Waals surface area (Å²) in [4.78, 5) is 17.8. The van der Waals surface area contributed by atoms with Gasteiger partial charge in [0.15, 0.2) is 5.82 Å². The first-order valence-corrected chi connectivity index (χ1v) is 9.84. The number of amides is 1. The summed E-state index contributed by atoms with van der Waals surface area (Å²) < 4.78 is 15.2. The predicted molar refractivity (Wildman–Crippen MR) is 110 cm³/mol. The number of hydrogen-bond donors (Lipinski definition) is 2. The first kappa shape index (κ1) is 20.4. The molecule has 4 rings (SSSR count). The Bertz CT molecular complexity index is 924. The van der Waals surface area contributed by atoms with Gasteiger partial charge in [0.1, 0.15) is 5.82 Å². The van der Waals surface area contributed by atoms with Crippen molar-refractivity contribution in [3.8, 4) is 16.4 Å². The van der Waals surface area contributed by atoms with Crippen molar-refractivity contribution in [1.82, 2.24) is 25.4 Å². The molecule has 3 heterocycles. The number of thiophene rings is 1. The lowest BCUT2D eigenvalue weighted by molar-refractivity contribution is 0.0941. The fourth-order valence-corrected chi connectivity index (χ4v) is 3.89. The number of nitrogens with one attached hydrogen (secondary N) is 2. The van der Waals surface area contributed by atoms with E-state index in [1.807, 2.05) is 17.5 Å². The first-order chi connectivity index (χ1) is 13.2. The summed E-state index contributed by atoms with van der Waals surface area (Å²) >= 11 is 1.49. The van der Waals surface area contributed by atoms with Crippen LogP contribution < -0.4 is 10.6 Å². The molecule has 0 bridgehead atoms. The fraction of sp³-hybridized carbons (Fsp3) is 0.316. The lowest BCUT2D eigenvalue weighted by Crippen LogP contribution is -2.27. The maximum Gasteiger partial charge on any atom is 0.290 e. The SMILES string of the molecule is Cl.O=C(NCCC1CCNC1)c1nc(-c2cccs2)n(-c2cccc(F)c2)n1. The van der Waals surface area contributed by atoms with Crippen molar-refractivity contribution >= 4 is 29.7 Å². The van der Waals surface area contributed by atoms with Crippen molar-refractivity contribution in [3.63, 3.8) is 0 Å². The zero-order valence-electron chi connectivity index (χ0n) is 15.1. The van der Waals surface area contributed by atoms with Crippen LogP contribution in [-0.4, -0.2) is 40.3 Å². The van der Waals surface area contributed by atoms with Crippen molar-refractivity contribution in [1.29, 1.82) is 0 Å². The van der Waals surface area contributed by atoms with Crippen LogP contribution in [0.25, 0.3) is 16.4 Å². The van der Waals surface area contributed by atoms with Gasteiger partial charge < -0.3 is 10.6 Å². The van der Waals surface area contributed by atoms with E-state index in [0.29, 0.717) is 24.0 Å². The van der Waals surface area contributed by atoms with Gasteiger partial charge in [-0.2, -0.15) is 0 Å². The van der Waals surface area contributed by atoms with Crippen LogP contribution in [0.5, 0.6) is 0 Å². The summed E-state index contributed by atoms with van der Waals surface area (Å²) in [7, 11) is 0. The van der Waals surface area contributed by atoms with Gasteiger partial charge in [0, 0.05) is 6.54 Å². The minimum absolute atomic E-state index is 0. The molecule has 1 unspecified atom stereocenters. The number of carbonyl (C=O) groups is 1. The highest BCUT2D eigenvalue weighted by atomic mass is 35.5. The summed E-state index contributed by atoms with van der Waals surface area (Å²) in [6.07, 6.45) is 2.08. The Hall–Kier alpha value is -2.29. The molecule has 28 heavy (non-hydrogen) atoms. The number of rotatable bonds is 6. The summed E-state index contributed by atoms with van der Waals surface area (Å²) in [6, 6.07) is 9.90. The Morgan fingerprint density at radius 1 is 1.36 bits per heavy atom. The second kappa shape index (κ2) is 9.27. The van der Waals surface area contributed by atoms with E-state index >= 15 is 0 Å². The van der Waals surface area contributed by atoms with Crippen molar-refractivity contribution in [2.45, 2.75) is 12.8 Å². The lowest BCUT2D eigenvalue weighted by Gasteiger charge is -2.07. The van der Waals surface area contributed by atoms with E-state index in [9.17, 15) is 9.18 Å². The van der Waals surface area contributed by atoms with E-state index in [-0.39, 0.29) is 30.0 Å². The third kappa shape index (κ3) is 4.57. The molecule has 2 N–H and O–H groups in total. The second-order valence-corrected chi connectivity index (χ2v) is 7.48. The number of nitrogens with zero attached hydrogens (tertiary/aromatic N) is 3. The van der Waals surface area contributed by atoms with Gasteiger partial charge in [-0.05, 0) is 61.5 Å². The van der Waals surface area contributed by atoms with Crippen LogP contribution in [-0.2, 0) is 0 Å². The number of carbonyl (C=O) groups excluding carboxylic acids is 1. The molecule has 6 nitrogen and oxygen atoms in total. The largest absolute Gasteiger partial charge is 0.349 e. The number of aromatic nitrogens is 3. The summed E-state index contributed by atoms with van der Waals surface area (Å²) in [5.41, 5.74) is 0.530. The molecular formula is C19H21ClFN5OS. The molecule has 1 fully saturated rings. The van der Waals surface area contributed by atoms with Crippen molar-refractivity contribution in [2.75, 3.05) is 19.6 Å². The van der Waals surface area contributed by atoms with E-state index in [1.165, 1.54) is 28.2 Å². The summed E-state index contributed by atoms with van der Waals surface area (Å²) in [5, 5.41) is 12.5. The van der Waals surface area contributed by atoms with Crippen LogP contribution in [0.1, 0.15) is 23.5 Å². The average molecular weight is 422 g/mol. The zero-order valence-corrected chi connectivity index (χ0v) is 16.7. The minimum Gasteiger partial charge on any atom is -0.349 e. The smallest absolute Gasteiger partial charge is 0.290 e. The molecule has 1 saturated heterocycles. The molecule has 1 atom stereocenters. The number of benzene rings is 1. The molecule has 0 saturated carbocycles. The molecule has 148 valence electrons. The van der Waals surface area contributed by atoms with E-state index in [0.717, 1.165) is 30.8 Å². The van der Waals surface area contributed by atoms with Gasteiger partial charge in [0.05, 0.1) is 10.6 Å². The quantitative estimate of drug-likeness (QED) is 0.640. The Morgan fingerprint density at radius 2 is 2.25 bits per heavy atom. The molecule has 0 spiro atoms. The van der Waals surface area contributed by atoms with Gasteiger partial charge in [0.25, 0.3) is 5.91 Å². The predicted octanol–water partition coefficient (Wildman–Crippen LogP) is 3.29. The highest BCUT2D eigenvalue weighted by Crippen LogP contribution is 2.25. The van der Waals surface area contributed by atoms with E-state index in [2.05, 4.69) is 20.7 Å². The van der Waals surface area contributed by atoms with E-state index < -0.39 is 0 Å². The van der Waals surface area contributed by atoms with Crippen molar-refractivity contribution < 1.29 is 9.18 Å². The Morgan fingerprint density at radius 3 is 2.96 bits per heavy atom. The molecule has 3 aromatic rings. The molecule has 2 aromatic heterocycles. The molecule has 1 aliphatic rings. The minimum atomic E-state index is -0.365. The highest BCUT2D eigenvalue weighted by Gasteiger charge is 2.20. The Labute approximate surface area is 172 Å². The monoisotopic (exact) mass is 421 g/mol. The van der Waals surface area contributed by atoms with Crippen LogP contribution in [0.3, 0.4) is 0 Å². The topological polar surface area (TPSA) is 71.8 Å². The maximum absolute atomic E-state index is 13.7. The van der Waals surface area contributed by atoms with Gasteiger partial charge in [-0.25, -0.2) is 14.1 Å². The van der Waals surface area contributed by atoms with Crippen LogP contribution in [0.15, 0.2) is 41.8 Å². The third-order valence-electron chi connectivity index (χ3n) is 4.61. The average Bonchev–Trinajstić information content (AvgIpc) is 3.42. The second-order valence-electron chi connectivity index (χ2n) is 6.53. The van der Waals surface area contributed by atoms with Gasteiger partial charge in [-0.15, -0.1) is 28.8 Å². The molecule has 9 heteroatoms. The first-order valence-electron chi connectivity index (χ1n) is 8.96. The van der Waals surface area contributed by atoms with Crippen LogP contribution in [0.4, 0.5) is 4.39 Å². The van der Waals surface area contributed by atoms with Gasteiger partial charge in [-0.1, -0.05) is 12.1 Å². The van der Waals surface area contributed by atoms with Crippen molar-refractivity contribution in [2.24, 2.45) is 5.92 Å². The standard InChI is InChI=1S/C19H20FN5OS.ClH/c20-14-3-1-4-15(11-14)25-18(16-5-2-10-27-16)23-17(24-25)19(26)22-9-7-13-6-8-21-12-13;/h1-5,10-11,13,21H,6-9,12H2,(H,22,26);1H. The Balaban J connectivity index is 0.00000225. The molecule has 1 amide bonds. The van der Waals surface area contributed by atoms with Gasteiger partial charge in [0.2, 0.25) is 5.82 Å². The molecular weight excluding hydrogens is 401 g/mol. The van der Waals surface area contributed by atoms with Crippen LogP contribution >= 0.6 is 23.7 Å². The number of hydrogen-bond acceptors (Lipinski definition) is 5. The molecule has 0 aliphatic carbocycles. The fourth-order valence-electron chi connectivity index (χ4n) is 3.19. The van der Waals surface area contributed by atoms with Gasteiger partial charge in [-0.3, -0.25) is 4.79 Å². The van der Waals surface area contributed by atoms with E-state index in [4.69, 9.17) is 0 Å². The van der Waals surface area contributed by atoms with E-state index in [1.54, 1.807) is 12.1 Å². The zero-order chi connectivity index (χ0) is 18.6. The normalized spacial score (nSPS) is 16.0. The lowest BCUT2D eigenvalue weighted by atomic mass is 10.1. The van der Waals surface area contributed by atoms with Gasteiger partial charge >= 0.3 is 0 Å².